The summed E-state index contributed by atoms with van der Waals surface area (Å²) in [4.78, 5) is 12.0. The molecule has 3 nitrogen and oxygen atoms in total. The number of carbonyl (C=O) groups excluding carboxylic acids is 1. The van der Waals surface area contributed by atoms with E-state index in [0.29, 0.717) is 0 Å². The Balaban J connectivity index is 1.99. The Morgan fingerprint density at radius 3 is 2.42 bits per heavy atom. The molecule has 1 aromatic rings. The van der Waals surface area contributed by atoms with E-state index in [1.165, 1.54) is 0 Å². The number of azo groups is 1. The maximum absolute atomic E-state index is 12.0. The number of hydrogen-bond donors (Lipinski definition) is 0. The first-order chi connectivity index (χ1) is 11.5. The fourth-order valence-corrected chi connectivity index (χ4v) is 3.80. The van der Waals surface area contributed by atoms with Crippen molar-refractivity contribution in [1.29, 1.82) is 0 Å². The van der Waals surface area contributed by atoms with Gasteiger partial charge < -0.3 is 0 Å². The van der Waals surface area contributed by atoms with Crippen LogP contribution >= 0.6 is 27.7 Å². The molecule has 0 aromatic heterocycles. The molecule has 2 aliphatic rings. The van der Waals surface area contributed by atoms with Crippen molar-refractivity contribution in [3.63, 3.8) is 0 Å². The normalized spacial score (nSPS) is 20.5. The van der Waals surface area contributed by atoms with Gasteiger partial charge in [0, 0.05) is 4.47 Å². The zero-order valence-electron chi connectivity index (χ0n) is 13.5. The molecule has 1 aliphatic heterocycles. The SMILES string of the molecule is CC1=CC(=C(N=Nc2ccc(Br)cc2)C2CC=CS2)C=C(C)C1=O. The molecule has 0 fully saturated rings. The molecule has 3 rings (SSSR count). The zero-order valence-corrected chi connectivity index (χ0v) is 15.9. The molecule has 1 aliphatic carbocycles. The smallest absolute Gasteiger partial charge is 0.184 e. The monoisotopic (exact) mass is 400 g/mol. The summed E-state index contributed by atoms with van der Waals surface area (Å²) in [5.41, 5.74) is 4.20. The number of ketones is 1. The van der Waals surface area contributed by atoms with Crippen LogP contribution in [0.4, 0.5) is 5.69 Å². The molecule has 122 valence electrons. The van der Waals surface area contributed by atoms with Crippen LogP contribution in [0.2, 0.25) is 0 Å². The van der Waals surface area contributed by atoms with Gasteiger partial charge in [-0.3, -0.25) is 4.79 Å². The minimum atomic E-state index is 0.0974. The number of hydrogen-bond acceptors (Lipinski definition) is 4. The van der Waals surface area contributed by atoms with Crippen LogP contribution in [0.5, 0.6) is 0 Å². The van der Waals surface area contributed by atoms with Crippen LogP contribution in [0.15, 0.2) is 85.0 Å². The fraction of sp³-hybridized carbons (Fsp3) is 0.211. The van der Waals surface area contributed by atoms with E-state index < -0.39 is 0 Å². The summed E-state index contributed by atoms with van der Waals surface area (Å²) in [7, 11) is 0. The quantitative estimate of drug-likeness (QED) is 0.559. The van der Waals surface area contributed by atoms with E-state index >= 15 is 0 Å². The lowest BCUT2D eigenvalue weighted by Gasteiger charge is -2.15. The van der Waals surface area contributed by atoms with E-state index in [1.54, 1.807) is 11.8 Å². The second-order valence-corrected chi connectivity index (χ2v) is 7.76. The highest BCUT2D eigenvalue weighted by Gasteiger charge is 2.22. The van der Waals surface area contributed by atoms with Crippen LogP contribution in [0.3, 0.4) is 0 Å². The number of allylic oxidation sites excluding steroid dienone is 6. The summed E-state index contributed by atoms with van der Waals surface area (Å²) in [5.74, 6) is 0.0974. The van der Waals surface area contributed by atoms with Crippen molar-refractivity contribution in [2.75, 3.05) is 0 Å². The molecule has 0 bridgehead atoms. The maximum Gasteiger partial charge on any atom is 0.184 e. The number of thioether (sulfide) groups is 1. The van der Waals surface area contributed by atoms with Crippen LogP contribution in [0.25, 0.3) is 0 Å². The number of benzene rings is 1. The van der Waals surface area contributed by atoms with E-state index in [-0.39, 0.29) is 11.0 Å². The fourth-order valence-electron chi connectivity index (χ4n) is 2.59. The van der Waals surface area contributed by atoms with Gasteiger partial charge >= 0.3 is 0 Å². The minimum Gasteiger partial charge on any atom is -0.289 e. The molecule has 24 heavy (non-hydrogen) atoms. The Kier molecular flexibility index (Phi) is 5.31. The lowest BCUT2D eigenvalue weighted by Crippen LogP contribution is -2.10. The van der Waals surface area contributed by atoms with Gasteiger partial charge in [-0.1, -0.05) is 22.0 Å². The van der Waals surface area contributed by atoms with E-state index in [1.807, 2.05) is 50.3 Å². The summed E-state index contributed by atoms with van der Waals surface area (Å²) in [6.45, 7) is 3.70. The highest BCUT2D eigenvalue weighted by Crippen LogP contribution is 2.35. The van der Waals surface area contributed by atoms with E-state index in [4.69, 9.17) is 0 Å². The van der Waals surface area contributed by atoms with Crippen LogP contribution in [-0.4, -0.2) is 11.0 Å². The van der Waals surface area contributed by atoms with Crippen LogP contribution in [-0.2, 0) is 4.79 Å². The van der Waals surface area contributed by atoms with Crippen molar-refractivity contribution in [1.82, 2.24) is 0 Å². The second kappa shape index (κ2) is 7.45. The van der Waals surface area contributed by atoms with Crippen molar-refractivity contribution in [3.05, 3.63) is 74.8 Å². The molecule has 0 saturated carbocycles. The third kappa shape index (κ3) is 3.84. The van der Waals surface area contributed by atoms with Gasteiger partial charge in [-0.15, -0.1) is 11.8 Å². The van der Waals surface area contributed by atoms with E-state index in [2.05, 4.69) is 37.6 Å². The summed E-state index contributed by atoms with van der Waals surface area (Å²) in [6, 6.07) is 7.73. The summed E-state index contributed by atoms with van der Waals surface area (Å²) in [6.07, 6.45) is 6.91. The Hall–Kier alpha value is -1.72. The molecule has 0 radical (unpaired) electrons. The Bertz CT molecular complexity index is 784. The van der Waals surface area contributed by atoms with Crippen LogP contribution in [0.1, 0.15) is 20.3 Å². The predicted octanol–water partition coefficient (Wildman–Crippen LogP) is 6.28. The second-order valence-electron chi connectivity index (χ2n) is 5.73. The van der Waals surface area contributed by atoms with Gasteiger partial charge in [0.1, 0.15) is 0 Å². The molecule has 0 saturated heterocycles. The molecule has 1 atom stereocenters. The van der Waals surface area contributed by atoms with Gasteiger partial charge in [0.15, 0.2) is 5.78 Å². The molecule has 1 unspecified atom stereocenters. The van der Waals surface area contributed by atoms with Gasteiger partial charge in [0.05, 0.1) is 16.6 Å². The first-order valence-corrected chi connectivity index (χ1v) is 9.41. The molecular formula is C19H17BrN2OS. The highest BCUT2D eigenvalue weighted by atomic mass is 79.9. The standard InChI is InChI=1S/C19H17BrN2OS/c1-12-10-14(11-13(2)19(12)23)18(17-4-3-9-24-17)22-21-16-7-5-15(20)6-8-16/h3,5-11,17H,4H2,1-2H3. The summed E-state index contributed by atoms with van der Waals surface area (Å²) in [5, 5.41) is 11.3. The largest absolute Gasteiger partial charge is 0.289 e. The number of nitrogens with zero attached hydrogens (tertiary/aromatic N) is 2. The van der Waals surface area contributed by atoms with Crippen molar-refractivity contribution in [2.24, 2.45) is 10.2 Å². The topological polar surface area (TPSA) is 41.8 Å². The number of halogens is 1. The molecule has 0 amide bonds. The number of carbonyl (C=O) groups is 1. The lowest BCUT2D eigenvalue weighted by molar-refractivity contribution is -0.112. The predicted molar refractivity (Wildman–Crippen MR) is 103 cm³/mol. The Labute approximate surface area is 154 Å². The zero-order chi connectivity index (χ0) is 17.1. The third-order valence-electron chi connectivity index (χ3n) is 3.85. The molecule has 5 heteroatoms. The minimum absolute atomic E-state index is 0.0974. The Morgan fingerprint density at radius 1 is 1.17 bits per heavy atom. The van der Waals surface area contributed by atoms with Crippen molar-refractivity contribution in [3.8, 4) is 0 Å². The van der Waals surface area contributed by atoms with Crippen molar-refractivity contribution < 1.29 is 4.79 Å². The molecule has 0 N–H and O–H groups in total. The van der Waals surface area contributed by atoms with Gasteiger partial charge in [-0.2, -0.15) is 10.2 Å². The number of Topliss-reactive ketones (excluding diaryl/α,β-unsaturated/α-hetero) is 1. The molecule has 1 aromatic carbocycles. The summed E-state index contributed by atoms with van der Waals surface area (Å²) >= 11 is 5.16. The summed E-state index contributed by atoms with van der Waals surface area (Å²) < 4.78 is 1.01. The van der Waals surface area contributed by atoms with Gasteiger partial charge in [-0.25, -0.2) is 0 Å². The van der Waals surface area contributed by atoms with Crippen molar-refractivity contribution in [2.45, 2.75) is 25.5 Å². The van der Waals surface area contributed by atoms with Crippen molar-refractivity contribution >= 4 is 39.2 Å². The van der Waals surface area contributed by atoms with E-state index in [0.717, 1.165) is 39.0 Å². The molecule has 1 heterocycles. The van der Waals surface area contributed by atoms with Crippen LogP contribution < -0.4 is 0 Å². The maximum atomic E-state index is 12.0. The van der Waals surface area contributed by atoms with E-state index in [9.17, 15) is 4.79 Å². The third-order valence-corrected chi connectivity index (χ3v) is 5.47. The lowest BCUT2D eigenvalue weighted by atomic mass is 9.94. The Morgan fingerprint density at radius 2 is 1.83 bits per heavy atom. The highest BCUT2D eigenvalue weighted by molar-refractivity contribution is 9.10. The average molecular weight is 401 g/mol. The number of rotatable bonds is 3. The average Bonchev–Trinajstić information content (AvgIpc) is 3.08. The first kappa shape index (κ1) is 17.1. The van der Waals surface area contributed by atoms with Gasteiger partial charge in [0.25, 0.3) is 0 Å². The first-order valence-electron chi connectivity index (χ1n) is 7.68. The molecular weight excluding hydrogens is 384 g/mol. The van der Waals surface area contributed by atoms with Crippen LogP contribution in [0, 0.1) is 0 Å². The van der Waals surface area contributed by atoms with Gasteiger partial charge in [0.2, 0.25) is 0 Å². The molecule has 0 spiro atoms. The van der Waals surface area contributed by atoms with Gasteiger partial charge in [-0.05, 0) is 78.8 Å².